The molecule has 0 aliphatic rings. The fourth-order valence-electron chi connectivity index (χ4n) is 2.11. The first kappa shape index (κ1) is 14.5. The van der Waals surface area contributed by atoms with Crippen molar-refractivity contribution in [1.82, 2.24) is 4.90 Å². The summed E-state index contributed by atoms with van der Waals surface area (Å²) in [6.07, 6.45) is 5.73. The van der Waals surface area contributed by atoms with Crippen LogP contribution in [0.25, 0.3) is 0 Å². The Hall–Kier alpha value is 0.492. The van der Waals surface area contributed by atoms with Gasteiger partial charge in [0.2, 0.25) is 0 Å². The third-order valence-electron chi connectivity index (χ3n) is 2.86. The van der Waals surface area contributed by atoms with Crippen LogP contribution in [0, 0.1) is 0 Å². The van der Waals surface area contributed by atoms with E-state index in [0.29, 0.717) is 0 Å². The summed E-state index contributed by atoms with van der Waals surface area (Å²) in [4.78, 5) is 2.30. The standard InChI is InChI=1S/C6H14N.2C3H7.Al/c1-4-5-6-7(2)3;2*1-3-2;/h1,4-6H2,2-3H3;2*1,3H2,2H3;. The Morgan fingerprint density at radius 3 is 1.86 bits per heavy atom. The summed E-state index contributed by atoms with van der Waals surface area (Å²) < 4.78 is 0. The fraction of sp³-hybridized carbons (Fsp3) is 1.00. The maximum Gasteiger partial charge on any atom is 0.261 e. The van der Waals surface area contributed by atoms with Gasteiger partial charge in [0.1, 0.15) is 0 Å². The predicted molar refractivity (Wildman–Crippen MR) is 68.5 cm³/mol. The molecule has 0 unspecified atom stereocenters. The summed E-state index contributed by atoms with van der Waals surface area (Å²) in [5, 5.41) is 4.75. The Morgan fingerprint density at radius 1 is 0.857 bits per heavy atom. The van der Waals surface area contributed by atoms with Crippen molar-refractivity contribution in [2.45, 2.75) is 55.4 Å². The smallest absolute Gasteiger partial charge is 0.261 e. The molecule has 1 nitrogen and oxygen atoms in total. The van der Waals surface area contributed by atoms with Crippen LogP contribution in [0.15, 0.2) is 0 Å². The van der Waals surface area contributed by atoms with E-state index in [1.807, 2.05) is 0 Å². The van der Waals surface area contributed by atoms with E-state index >= 15 is 0 Å². The molecule has 0 saturated heterocycles. The van der Waals surface area contributed by atoms with Gasteiger partial charge < -0.3 is 4.90 Å². The molecule has 0 aliphatic carbocycles. The predicted octanol–water partition coefficient (Wildman–Crippen LogP) is 3.64. The number of rotatable bonds is 9. The molecular weight excluding hydrogens is 185 g/mol. The summed E-state index contributed by atoms with van der Waals surface area (Å²) in [5.74, 6) is 0. The van der Waals surface area contributed by atoms with Crippen molar-refractivity contribution < 1.29 is 0 Å². The van der Waals surface area contributed by atoms with Crippen LogP contribution >= 0.6 is 0 Å². The summed E-state index contributed by atoms with van der Waals surface area (Å²) in [6.45, 7) is 5.96. The monoisotopic (exact) mass is 213 g/mol. The largest absolute Gasteiger partial charge is 0.309 e. The minimum atomic E-state index is -0.315. The van der Waals surface area contributed by atoms with Gasteiger partial charge in [-0.15, -0.1) is 0 Å². The van der Waals surface area contributed by atoms with Gasteiger partial charge in [0.15, 0.2) is 0 Å². The SMILES string of the molecule is CC[CH2][Al]([CH2]CC)[CH2]CCCN(C)C. The van der Waals surface area contributed by atoms with Crippen LogP contribution in [0.5, 0.6) is 0 Å². The number of hydrogen-bond donors (Lipinski definition) is 0. The van der Waals surface area contributed by atoms with Gasteiger partial charge in [-0.3, -0.25) is 0 Å². The average molecular weight is 213 g/mol. The molecular formula is C12H28AlN. The summed E-state index contributed by atoms with van der Waals surface area (Å²) in [5.41, 5.74) is 0. The minimum Gasteiger partial charge on any atom is -0.309 e. The van der Waals surface area contributed by atoms with Crippen LogP contribution in [0.1, 0.15) is 39.5 Å². The molecule has 0 atom stereocenters. The van der Waals surface area contributed by atoms with E-state index in [2.05, 4.69) is 32.8 Å². The molecule has 0 amide bonds. The second-order valence-electron chi connectivity index (χ2n) is 4.74. The lowest BCUT2D eigenvalue weighted by Crippen LogP contribution is -2.15. The Labute approximate surface area is 95.3 Å². The van der Waals surface area contributed by atoms with Crippen molar-refractivity contribution in [3.63, 3.8) is 0 Å². The molecule has 2 heteroatoms. The third-order valence-corrected chi connectivity index (χ3v) is 6.87. The number of unbranched alkanes of at least 4 members (excludes halogenated alkanes) is 1. The third kappa shape index (κ3) is 9.06. The quantitative estimate of drug-likeness (QED) is 0.417. The number of hydrogen-bond acceptors (Lipinski definition) is 1. The molecule has 14 heavy (non-hydrogen) atoms. The van der Waals surface area contributed by atoms with Crippen LogP contribution < -0.4 is 0 Å². The van der Waals surface area contributed by atoms with Crippen LogP contribution in [-0.4, -0.2) is 39.7 Å². The molecule has 0 spiro atoms. The van der Waals surface area contributed by atoms with E-state index in [4.69, 9.17) is 0 Å². The van der Waals surface area contributed by atoms with Gasteiger partial charge in [-0.25, -0.2) is 0 Å². The molecule has 0 aromatic rings. The first-order valence-electron chi connectivity index (χ1n) is 6.35. The van der Waals surface area contributed by atoms with Crippen molar-refractivity contribution in [2.24, 2.45) is 0 Å². The van der Waals surface area contributed by atoms with E-state index < -0.39 is 0 Å². The van der Waals surface area contributed by atoms with Gasteiger partial charge >= 0.3 is 0 Å². The molecule has 0 aromatic heterocycles. The van der Waals surface area contributed by atoms with E-state index in [1.54, 1.807) is 15.8 Å². The van der Waals surface area contributed by atoms with Gasteiger partial charge in [0, 0.05) is 0 Å². The van der Waals surface area contributed by atoms with E-state index in [-0.39, 0.29) is 14.1 Å². The molecule has 84 valence electrons. The van der Waals surface area contributed by atoms with Crippen molar-refractivity contribution in [3.8, 4) is 0 Å². The van der Waals surface area contributed by atoms with Crippen molar-refractivity contribution in [3.05, 3.63) is 0 Å². The van der Waals surface area contributed by atoms with E-state index in [1.165, 1.54) is 32.2 Å². The van der Waals surface area contributed by atoms with Gasteiger partial charge in [-0.2, -0.15) is 0 Å². The summed E-state index contributed by atoms with van der Waals surface area (Å²) >= 11 is -0.315. The van der Waals surface area contributed by atoms with Gasteiger partial charge in [-0.1, -0.05) is 49.0 Å². The lowest BCUT2D eigenvalue weighted by molar-refractivity contribution is 0.398. The molecule has 0 radical (unpaired) electrons. The zero-order valence-corrected chi connectivity index (χ0v) is 11.8. The first-order valence-corrected chi connectivity index (χ1v) is 8.80. The minimum absolute atomic E-state index is 0.315. The van der Waals surface area contributed by atoms with Gasteiger partial charge in [-0.05, 0) is 27.1 Å². The Kier molecular flexibility index (Phi) is 10.4. The molecule has 0 fully saturated rings. The number of nitrogens with zero attached hydrogens (tertiary/aromatic N) is 1. The maximum absolute atomic E-state index is 2.34. The van der Waals surface area contributed by atoms with Crippen LogP contribution in [0.4, 0.5) is 0 Å². The van der Waals surface area contributed by atoms with Crippen LogP contribution in [0.2, 0.25) is 15.8 Å². The van der Waals surface area contributed by atoms with Crippen molar-refractivity contribution in [1.29, 1.82) is 0 Å². The van der Waals surface area contributed by atoms with Gasteiger partial charge in [0.05, 0.1) is 0 Å². The molecule has 0 aromatic carbocycles. The lowest BCUT2D eigenvalue weighted by atomic mass is 10.3. The Morgan fingerprint density at radius 2 is 1.43 bits per heavy atom. The highest BCUT2D eigenvalue weighted by molar-refractivity contribution is 6.58. The summed E-state index contributed by atoms with van der Waals surface area (Å²) in [6, 6.07) is 0. The van der Waals surface area contributed by atoms with Crippen LogP contribution in [0.3, 0.4) is 0 Å². The highest BCUT2D eigenvalue weighted by atomic mass is 27.2. The Balaban J connectivity index is 3.40. The average Bonchev–Trinajstić information content (AvgIpc) is 2.12. The molecule has 0 N–H and O–H groups in total. The van der Waals surface area contributed by atoms with Crippen molar-refractivity contribution in [2.75, 3.05) is 20.6 Å². The molecule has 0 rings (SSSR count). The molecule has 0 aliphatic heterocycles. The molecule has 0 bridgehead atoms. The highest BCUT2D eigenvalue weighted by Gasteiger charge is 2.13. The zero-order valence-electron chi connectivity index (χ0n) is 10.7. The second-order valence-corrected chi connectivity index (χ2v) is 8.21. The molecule has 0 saturated carbocycles. The molecule has 0 heterocycles. The first-order chi connectivity index (χ1) is 6.70. The topological polar surface area (TPSA) is 3.24 Å². The summed E-state index contributed by atoms with van der Waals surface area (Å²) in [7, 11) is 4.35. The van der Waals surface area contributed by atoms with Crippen molar-refractivity contribution >= 4 is 14.1 Å². The van der Waals surface area contributed by atoms with E-state index in [0.717, 1.165) is 0 Å². The Bertz CT molecular complexity index is 109. The van der Waals surface area contributed by atoms with Crippen LogP contribution in [-0.2, 0) is 0 Å². The van der Waals surface area contributed by atoms with Gasteiger partial charge in [0.25, 0.3) is 14.1 Å². The normalized spacial score (nSPS) is 10.9. The highest BCUT2D eigenvalue weighted by Crippen LogP contribution is 2.13. The second kappa shape index (κ2) is 10.0. The maximum atomic E-state index is 2.34. The fourth-order valence-corrected chi connectivity index (χ4v) is 5.48. The lowest BCUT2D eigenvalue weighted by Gasteiger charge is -2.11. The zero-order chi connectivity index (χ0) is 10.8. The van der Waals surface area contributed by atoms with E-state index in [9.17, 15) is 0 Å².